The predicted octanol–water partition coefficient (Wildman–Crippen LogP) is 1.28. The van der Waals surface area contributed by atoms with Crippen LogP contribution in [0, 0.1) is 25.7 Å². The third-order valence-electron chi connectivity index (χ3n) is 4.18. The zero-order chi connectivity index (χ0) is 12.0. The minimum absolute atomic E-state index is 0.858. The highest BCUT2D eigenvalue weighted by Gasteiger charge is 2.38. The maximum Gasteiger partial charge on any atom is 0.208 e. The molecule has 0 amide bonds. The lowest BCUT2D eigenvalue weighted by molar-refractivity contribution is 0.248. The Morgan fingerprint density at radius 3 is 2.35 bits per heavy atom. The number of nitrogens with zero attached hydrogens (tertiary/aromatic N) is 3. The van der Waals surface area contributed by atoms with Gasteiger partial charge in [0, 0.05) is 26.2 Å². The van der Waals surface area contributed by atoms with E-state index in [2.05, 4.69) is 21.8 Å². The molecule has 17 heavy (non-hydrogen) atoms. The van der Waals surface area contributed by atoms with E-state index in [1.165, 1.54) is 26.2 Å². The van der Waals surface area contributed by atoms with Crippen LogP contribution in [0.5, 0.6) is 0 Å². The summed E-state index contributed by atoms with van der Waals surface area (Å²) in [4.78, 5) is 9.41. The third kappa shape index (κ3) is 2.11. The number of aromatic nitrogens is 1. The highest BCUT2D eigenvalue weighted by molar-refractivity contribution is 5.05. The Hall–Kier alpha value is -0.870. The molecule has 0 bridgehead atoms. The zero-order valence-electron chi connectivity index (χ0n) is 10.9. The first-order chi connectivity index (χ1) is 8.11. The molecule has 2 atom stereocenters. The summed E-state index contributed by atoms with van der Waals surface area (Å²) in [7, 11) is 2.23. The summed E-state index contributed by atoms with van der Waals surface area (Å²) < 4.78 is 5.66. The summed E-state index contributed by atoms with van der Waals surface area (Å²) in [6.45, 7) is 9.79. The van der Waals surface area contributed by atoms with Gasteiger partial charge in [0.2, 0.25) is 5.89 Å². The smallest absolute Gasteiger partial charge is 0.208 e. The van der Waals surface area contributed by atoms with Crippen molar-refractivity contribution in [2.75, 3.05) is 33.2 Å². The van der Waals surface area contributed by atoms with E-state index in [0.29, 0.717) is 0 Å². The highest BCUT2D eigenvalue weighted by atomic mass is 16.4. The van der Waals surface area contributed by atoms with Gasteiger partial charge in [-0.15, -0.1) is 0 Å². The van der Waals surface area contributed by atoms with Crippen LogP contribution in [0.3, 0.4) is 0 Å². The monoisotopic (exact) mass is 235 g/mol. The average Bonchev–Trinajstić information content (AvgIpc) is 2.81. The fourth-order valence-corrected chi connectivity index (χ4v) is 3.25. The Bertz CT molecular complexity index is 381. The van der Waals surface area contributed by atoms with Gasteiger partial charge < -0.3 is 9.32 Å². The van der Waals surface area contributed by atoms with Crippen LogP contribution in [0.2, 0.25) is 0 Å². The second-order valence-corrected chi connectivity index (χ2v) is 5.68. The second kappa shape index (κ2) is 4.10. The van der Waals surface area contributed by atoms with E-state index in [0.717, 1.165) is 35.7 Å². The van der Waals surface area contributed by atoms with Crippen molar-refractivity contribution in [3.05, 3.63) is 17.3 Å². The Balaban J connectivity index is 1.61. The van der Waals surface area contributed by atoms with Gasteiger partial charge in [-0.2, -0.15) is 0 Å². The molecule has 94 valence electrons. The first-order valence-corrected chi connectivity index (χ1v) is 6.45. The molecule has 4 heteroatoms. The standard InChI is InChI=1S/C13H21N3O/c1-9-10(2)17-13(14-9)8-16-6-11-4-15(3)5-12(11)7-16/h11-12H,4-8H2,1-3H3. The average molecular weight is 235 g/mol. The Morgan fingerprint density at radius 1 is 1.18 bits per heavy atom. The van der Waals surface area contributed by atoms with Crippen LogP contribution < -0.4 is 0 Å². The van der Waals surface area contributed by atoms with Gasteiger partial charge in [-0.1, -0.05) is 0 Å². The first kappa shape index (κ1) is 11.2. The van der Waals surface area contributed by atoms with E-state index in [9.17, 15) is 0 Å². The molecule has 1 aromatic rings. The molecule has 0 radical (unpaired) electrons. The number of hydrogen-bond donors (Lipinski definition) is 0. The van der Waals surface area contributed by atoms with E-state index in [1.54, 1.807) is 0 Å². The van der Waals surface area contributed by atoms with Crippen LogP contribution in [0.1, 0.15) is 17.3 Å². The van der Waals surface area contributed by atoms with Gasteiger partial charge in [-0.05, 0) is 32.7 Å². The maximum atomic E-state index is 5.66. The number of oxazole rings is 1. The van der Waals surface area contributed by atoms with Crippen LogP contribution in [0.15, 0.2) is 4.42 Å². The normalized spacial score (nSPS) is 30.1. The molecule has 3 rings (SSSR count). The molecule has 0 aromatic carbocycles. The molecule has 2 aliphatic rings. The molecule has 2 fully saturated rings. The number of hydrogen-bond acceptors (Lipinski definition) is 4. The van der Waals surface area contributed by atoms with E-state index >= 15 is 0 Å². The molecule has 3 heterocycles. The fourth-order valence-electron chi connectivity index (χ4n) is 3.25. The first-order valence-electron chi connectivity index (χ1n) is 6.45. The van der Waals surface area contributed by atoms with Gasteiger partial charge in [-0.25, -0.2) is 4.98 Å². The third-order valence-corrected chi connectivity index (χ3v) is 4.18. The Morgan fingerprint density at radius 2 is 1.82 bits per heavy atom. The zero-order valence-corrected chi connectivity index (χ0v) is 10.9. The number of rotatable bonds is 2. The molecule has 2 aliphatic heterocycles. The number of fused-ring (bicyclic) bond motifs is 1. The molecule has 2 unspecified atom stereocenters. The van der Waals surface area contributed by atoms with Crippen molar-refractivity contribution in [1.82, 2.24) is 14.8 Å². The molecule has 1 aromatic heterocycles. The fraction of sp³-hybridized carbons (Fsp3) is 0.769. The maximum absolute atomic E-state index is 5.66. The molecular formula is C13H21N3O. The van der Waals surface area contributed by atoms with Gasteiger partial charge in [0.1, 0.15) is 5.76 Å². The summed E-state index contributed by atoms with van der Waals surface area (Å²) in [5, 5.41) is 0. The topological polar surface area (TPSA) is 32.5 Å². The van der Waals surface area contributed by atoms with Gasteiger partial charge >= 0.3 is 0 Å². The molecule has 0 saturated carbocycles. The molecule has 0 N–H and O–H groups in total. The molecule has 0 aliphatic carbocycles. The molecular weight excluding hydrogens is 214 g/mol. The van der Waals surface area contributed by atoms with E-state index in [1.807, 2.05) is 13.8 Å². The van der Waals surface area contributed by atoms with Gasteiger partial charge in [0.25, 0.3) is 0 Å². The van der Waals surface area contributed by atoms with E-state index in [4.69, 9.17) is 4.42 Å². The number of aryl methyl sites for hydroxylation is 2. The Kier molecular flexibility index (Phi) is 2.71. The van der Waals surface area contributed by atoms with Crippen LogP contribution in [-0.2, 0) is 6.54 Å². The van der Waals surface area contributed by atoms with E-state index < -0.39 is 0 Å². The SMILES string of the molecule is Cc1nc(CN2CC3CN(C)CC3C2)oc1C. The van der Waals surface area contributed by atoms with Crippen LogP contribution >= 0.6 is 0 Å². The minimum atomic E-state index is 0.858. The quantitative estimate of drug-likeness (QED) is 0.773. The van der Waals surface area contributed by atoms with Gasteiger partial charge in [-0.3, -0.25) is 4.90 Å². The van der Waals surface area contributed by atoms with Crippen molar-refractivity contribution in [3.8, 4) is 0 Å². The largest absolute Gasteiger partial charge is 0.444 e. The van der Waals surface area contributed by atoms with Crippen LogP contribution in [-0.4, -0.2) is 48.0 Å². The number of likely N-dealkylation sites (tertiary alicyclic amines) is 2. The van der Waals surface area contributed by atoms with Crippen molar-refractivity contribution in [2.45, 2.75) is 20.4 Å². The summed E-state index contributed by atoms with van der Waals surface area (Å²) >= 11 is 0. The summed E-state index contributed by atoms with van der Waals surface area (Å²) in [6.07, 6.45) is 0. The van der Waals surface area contributed by atoms with Gasteiger partial charge in [0.05, 0.1) is 12.2 Å². The van der Waals surface area contributed by atoms with Crippen LogP contribution in [0.4, 0.5) is 0 Å². The van der Waals surface area contributed by atoms with Crippen molar-refractivity contribution < 1.29 is 4.42 Å². The molecule has 2 saturated heterocycles. The van der Waals surface area contributed by atoms with Gasteiger partial charge in [0.15, 0.2) is 0 Å². The molecule has 4 nitrogen and oxygen atoms in total. The van der Waals surface area contributed by atoms with E-state index in [-0.39, 0.29) is 0 Å². The van der Waals surface area contributed by atoms with Crippen LogP contribution in [0.25, 0.3) is 0 Å². The summed E-state index contributed by atoms with van der Waals surface area (Å²) in [6, 6.07) is 0. The molecule has 0 spiro atoms. The summed E-state index contributed by atoms with van der Waals surface area (Å²) in [5.74, 6) is 3.56. The lowest BCUT2D eigenvalue weighted by Crippen LogP contribution is -2.26. The lowest BCUT2D eigenvalue weighted by atomic mass is 10.0. The highest BCUT2D eigenvalue weighted by Crippen LogP contribution is 2.30. The second-order valence-electron chi connectivity index (χ2n) is 5.68. The van der Waals surface area contributed by atoms with Crippen molar-refractivity contribution in [2.24, 2.45) is 11.8 Å². The minimum Gasteiger partial charge on any atom is -0.444 e. The summed E-state index contributed by atoms with van der Waals surface area (Å²) in [5.41, 5.74) is 1.03. The lowest BCUT2D eigenvalue weighted by Gasteiger charge is -2.16. The predicted molar refractivity (Wildman–Crippen MR) is 65.7 cm³/mol. The Labute approximate surface area is 103 Å². The van der Waals surface area contributed by atoms with Crippen molar-refractivity contribution in [1.29, 1.82) is 0 Å². The van der Waals surface area contributed by atoms with Crippen molar-refractivity contribution >= 4 is 0 Å². The van der Waals surface area contributed by atoms with Crippen molar-refractivity contribution in [3.63, 3.8) is 0 Å².